The molecular formula is C32H39N5O3S. The van der Waals surface area contributed by atoms with Crippen LogP contribution in [0, 0.1) is 11.8 Å². The number of amides is 3. The summed E-state index contributed by atoms with van der Waals surface area (Å²) >= 11 is 1.38. The minimum absolute atomic E-state index is 0.0872. The van der Waals surface area contributed by atoms with E-state index in [1.54, 1.807) is 11.1 Å². The molecule has 3 amide bonds. The number of rotatable bonds is 9. The molecule has 1 aromatic carbocycles. The van der Waals surface area contributed by atoms with Crippen molar-refractivity contribution in [2.24, 2.45) is 11.8 Å². The molecule has 8 nitrogen and oxygen atoms in total. The first-order chi connectivity index (χ1) is 20.0. The summed E-state index contributed by atoms with van der Waals surface area (Å²) in [6.45, 7) is 4.38. The Balaban J connectivity index is 1.38. The van der Waals surface area contributed by atoms with Gasteiger partial charge in [-0.3, -0.25) is 19.4 Å². The molecule has 1 aliphatic heterocycles. The highest BCUT2D eigenvalue weighted by Crippen LogP contribution is 2.38. The average molecular weight is 574 g/mol. The summed E-state index contributed by atoms with van der Waals surface area (Å²) in [6.07, 6.45) is 8.87. The Kier molecular flexibility index (Phi) is 9.44. The molecule has 0 radical (unpaired) electrons. The Morgan fingerprint density at radius 2 is 1.76 bits per heavy atom. The molecule has 2 aliphatic rings. The van der Waals surface area contributed by atoms with Crippen LogP contribution in [0.25, 0.3) is 22.0 Å². The van der Waals surface area contributed by atoms with Crippen LogP contribution >= 0.6 is 11.3 Å². The number of nitrogens with one attached hydrogen (secondary N) is 2. The predicted molar refractivity (Wildman–Crippen MR) is 162 cm³/mol. The zero-order valence-corrected chi connectivity index (χ0v) is 24.7. The van der Waals surface area contributed by atoms with Crippen molar-refractivity contribution >= 4 is 34.1 Å². The van der Waals surface area contributed by atoms with Gasteiger partial charge in [0.2, 0.25) is 17.7 Å². The Labute approximate surface area is 246 Å². The van der Waals surface area contributed by atoms with Crippen molar-refractivity contribution < 1.29 is 14.4 Å². The van der Waals surface area contributed by atoms with Gasteiger partial charge in [0.1, 0.15) is 27.8 Å². The van der Waals surface area contributed by atoms with Gasteiger partial charge in [-0.2, -0.15) is 0 Å². The molecular weight excluding hydrogens is 534 g/mol. The van der Waals surface area contributed by atoms with Crippen molar-refractivity contribution in [1.82, 2.24) is 20.2 Å². The smallest absolute Gasteiger partial charge is 0.247 e. The standard InChI is InChI=1S/C32H39N5O3S/c1-3-21(2)28(38)34-27(23-15-8-5-9-16-23)32(40)37-20-12-18-25(37)29(39)36-31-26(22-13-6-4-7-14-22)35-30(41-31)24-17-10-11-19-33-24/h4,6-7,10-11,13-14,17,19,21,23,25,27H,3,5,8-9,12,15-16,18,20H2,1-2H3,(H,34,38)(H,36,39)/t21-,25+,27+/m1/s1. The van der Waals surface area contributed by atoms with Gasteiger partial charge < -0.3 is 15.5 Å². The van der Waals surface area contributed by atoms with Crippen LogP contribution in [0.1, 0.15) is 65.2 Å². The zero-order valence-electron chi connectivity index (χ0n) is 23.8. The van der Waals surface area contributed by atoms with E-state index in [0.717, 1.165) is 49.8 Å². The highest BCUT2D eigenvalue weighted by Gasteiger charge is 2.41. The maximum absolute atomic E-state index is 14.0. The van der Waals surface area contributed by atoms with Gasteiger partial charge in [-0.1, -0.05) is 80.8 Å². The molecule has 2 N–H and O–H groups in total. The number of nitrogens with zero attached hydrogens (tertiary/aromatic N) is 3. The van der Waals surface area contributed by atoms with Gasteiger partial charge in [-0.05, 0) is 50.2 Å². The molecule has 0 unspecified atom stereocenters. The Bertz CT molecular complexity index is 1340. The van der Waals surface area contributed by atoms with Crippen molar-refractivity contribution in [3.05, 3.63) is 54.7 Å². The number of likely N-dealkylation sites (tertiary alicyclic amines) is 1. The van der Waals surface area contributed by atoms with E-state index in [4.69, 9.17) is 4.98 Å². The van der Waals surface area contributed by atoms with E-state index >= 15 is 0 Å². The lowest BCUT2D eigenvalue weighted by Gasteiger charge is -2.35. The van der Waals surface area contributed by atoms with E-state index < -0.39 is 12.1 Å². The van der Waals surface area contributed by atoms with Crippen molar-refractivity contribution in [2.45, 2.75) is 77.3 Å². The van der Waals surface area contributed by atoms with Gasteiger partial charge in [0.25, 0.3) is 0 Å². The van der Waals surface area contributed by atoms with Crippen molar-refractivity contribution in [3.63, 3.8) is 0 Å². The van der Waals surface area contributed by atoms with E-state index in [-0.39, 0.29) is 29.6 Å². The monoisotopic (exact) mass is 573 g/mol. The third kappa shape index (κ3) is 6.67. The summed E-state index contributed by atoms with van der Waals surface area (Å²) in [5.74, 6) is -0.507. The number of carbonyl (C=O) groups is 3. The molecule has 0 spiro atoms. The largest absolute Gasteiger partial charge is 0.344 e. The van der Waals surface area contributed by atoms with Gasteiger partial charge in [0.15, 0.2) is 0 Å². The molecule has 0 bridgehead atoms. The number of pyridine rings is 1. The van der Waals surface area contributed by atoms with Crippen LogP contribution in [0.3, 0.4) is 0 Å². The highest BCUT2D eigenvalue weighted by atomic mass is 32.1. The Hall–Kier alpha value is -3.59. The molecule has 41 heavy (non-hydrogen) atoms. The fraction of sp³-hybridized carbons (Fsp3) is 0.469. The molecule has 1 saturated carbocycles. The van der Waals surface area contributed by atoms with Gasteiger partial charge in [-0.15, -0.1) is 0 Å². The van der Waals surface area contributed by atoms with Crippen LogP contribution in [-0.2, 0) is 14.4 Å². The number of anilines is 1. The third-order valence-electron chi connectivity index (χ3n) is 8.38. The Morgan fingerprint density at radius 3 is 2.46 bits per heavy atom. The fourth-order valence-corrected chi connectivity index (χ4v) is 6.77. The summed E-state index contributed by atoms with van der Waals surface area (Å²) in [7, 11) is 0. The van der Waals surface area contributed by atoms with Crippen molar-refractivity contribution in [2.75, 3.05) is 11.9 Å². The molecule has 1 saturated heterocycles. The van der Waals surface area contributed by atoms with Crippen LogP contribution in [-0.4, -0.2) is 51.2 Å². The second kappa shape index (κ2) is 13.4. The van der Waals surface area contributed by atoms with Gasteiger partial charge >= 0.3 is 0 Å². The van der Waals surface area contributed by atoms with Crippen LogP contribution in [0.5, 0.6) is 0 Å². The number of benzene rings is 1. The van der Waals surface area contributed by atoms with Crippen LogP contribution in [0.2, 0.25) is 0 Å². The van der Waals surface area contributed by atoms with E-state index in [1.807, 2.05) is 62.4 Å². The summed E-state index contributed by atoms with van der Waals surface area (Å²) in [5.41, 5.74) is 2.31. The molecule has 1 aliphatic carbocycles. The van der Waals surface area contributed by atoms with E-state index in [9.17, 15) is 14.4 Å². The molecule has 3 heterocycles. The minimum atomic E-state index is -0.599. The maximum atomic E-state index is 14.0. The van der Waals surface area contributed by atoms with Gasteiger partial charge in [-0.25, -0.2) is 4.98 Å². The third-order valence-corrected chi connectivity index (χ3v) is 9.37. The molecule has 2 aromatic heterocycles. The zero-order chi connectivity index (χ0) is 28.8. The summed E-state index contributed by atoms with van der Waals surface area (Å²) < 4.78 is 0. The second-order valence-electron chi connectivity index (χ2n) is 11.2. The normalized spacial score (nSPS) is 19.0. The lowest BCUT2D eigenvalue weighted by molar-refractivity contribution is -0.142. The quantitative estimate of drug-likeness (QED) is 0.331. The molecule has 216 valence electrons. The van der Waals surface area contributed by atoms with Crippen LogP contribution in [0.15, 0.2) is 54.7 Å². The SMILES string of the molecule is CC[C@@H](C)C(=O)N[C@H](C(=O)N1CCC[C@H]1C(=O)Nc1sc(-c2ccccn2)nc1-c1ccccc1)C1CCCCC1. The van der Waals surface area contributed by atoms with Crippen molar-refractivity contribution in [3.8, 4) is 22.0 Å². The van der Waals surface area contributed by atoms with Gasteiger partial charge in [0.05, 0.1) is 5.69 Å². The highest BCUT2D eigenvalue weighted by molar-refractivity contribution is 7.19. The fourth-order valence-electron chi connectivity index (χ4n) is 5.80. The first kappa shape index (κ1) is 28.9. The molecule has 9 heteroatoms. The van der Waals surface area contributed by atoms with Crippen molar-refractivity contribution in [1.29, 1.82) is 0 Å². The predicted octanol–water partition coefficient (Wildman–Crippen LogP) is 5.91. The van der Waals surface area contributed by atoms with Crippen LogP contribution < -0.4 is 10.6 Å². The number of hydrogen-bond acceptors (Lipinski definition) is 6. The van der Waals surface area contributed by atoms with E-state index in [0.29, 0.717) is 35.1 Å². The van der Waals surface area contributed by atoms with E-state index in [1.165, 1.54) is 11.3 Å². The number of carbonyl (C=O) groups excluding carboxylic acids is 3. The molecule has 3 atom stereocenters. The summed E-state index contributed by atoms with van der Waals surface area (Å²) in [6, 6.07) is 14.2. The van der Waals surface area contributed by atoms with Crippen LogP contribution in [0.4, 0.5) is 5.00 Å². The average Bonchev–Trinajstić information content (AvgIpc) is 3.68. The Morgan fingerprint density at radius 1 is 1.00 bits per heavy atom. The lowest BCUT2D eigenvalue weighted by atomic mass is 9.83. The minimum Gasteiger partial charge on any atom is -0.344 e. The summed E-state index contributed by atoms with van der Waals surface area (Å²) in [4.78, 5) is 51.8. The summed E-state index contributed by atoms with van der Waals surface area (Å²) in [5, 5.41) is 7.57. The first-order valence-electron chi connectivity index (χ1n) is 14.9. The number of aromatic nitrogens is 2. The maximum Gasteiger partial charge on any atom is 0.247 e. The molecule has 5 rings (SSSR count). The second-order valence-corrected chi connectivity index (χ2v) is 12.1. The topological polar surface area (TPSA) is 104 Å². The molecule has 2 fully saturated rings. The number of hydrogen-bond donors (Lipinski definition) is 2. The van der Waals surface area contributed by atoms with Gasteiger partial charge in [0, 0.05) is 24.2 Å². The molecule has 3 aromatic rings. The van der Waals surface area contributed by atoms with E-state index in [2.05, 4.69) is 15.6 Å². The lowest BCUT2D eigenvalue weighted by Crippen LogP contribution is -2.56. The first-order valence-corrected chi connectivity index (χ1v) is 15.7. The number of thiazole rings is 1.